The first-order valence-corrected chi connectivity index (χ1v) is 22.5. The van der Waals surface area contributed by atoms with Crippen molar-refractivity contribution in [1.82, 2.24) is 30.2 Å². The number of hydrogen-bond acceptors (Lipinski definition) is 11. The SMILES string of the molecule is COc1cc(N2CCC3(CC2)CC(CN2CCN4c5cc6c(cc5OC[C@@H]4C2)C(=O)N(C2CCC(=O)NC2=O)C6)CO3)ccc1[C@@H]1c2ccc3[nH]ncc3c2C[C@@H](C)N1CC(F)F. The second-order valence-corrected chi connectivity index (χ2v) is 18.8. The molecule has 11 rings (SSSR count). The van der Waals surface area contributed by atoms with Crippen LogP contribution in [-0.2, 0) is 27.3 Å². The van der Waals surface area contributed by atoms with Crippen molar-refractivity contribution in [2.75, 3.05) is 75.9 Å². The second kappa shape index (κ2) is 15.7. The summed E-state index contributed by atoms with van der Waals surface area (Å²) >= 11 is 0. The zero-order valence-corrected chi connectivity index (χ0v) is 35.8. The number of aromatic amines is 1. The molecule has 4 saturated heterocycles. The summed E-state index contributed by atoms with van der Waals surface area (Å²) in [5.41, 5.74) is 7.38. The number of nitrogens with one attached hydrogen (secondary N) is 2. The van der Waals surface area contributed by atoms with Crippen LogP contribution in [0.1, 0.15) is 77.7 Å². The van der Waals surface area contributed by atoms with Gasteiger partial charge in [-0.3, -0.25) is 34.6 Å². The quantitative estimate of drug-likeness (QED) is 0.235. The number of halogens is 2. The van der Waals surface area contributed by atoms with E-state index in [0.29, 0.717) is 49.0 Å². The van der Waals surface area contributed by atoms with Gasteiger partial charge in [0.25, 0.3) is 12.3 Å². The van der Waals surface area contributed by atoms with E-state index in [2.05, 4.69) is 60.5 Å². The Labute approximate surface area is 364 Å². The van der Waals surface area contributed by atoms with Gasteiger partial charge in [0.2, 0.25) is 11.8 Å². The van der Waals surface area contributed by atoms with E-state index in [4.69, 9.17) is 14.2 Å². The Bertz CT molecular complexity index is 2470. The first-order chi connectivity index (χ1) is 30.5. The Kier molecular flexibility index (Phi) is 10.1. The smallest absolute Gasteiger partial charge is 0.255 e. The summed E-state index contributed by atoms with van der Waals surface area (Å²) in [7, 11) is 1.67. The van der Waals surface area contributed by atoms with Gasteiger partial charge in [0.1, 0.15) is 24.1 Å². The number of H-pyrrole nitrogens is 1. The number of carbonyl (C=O) groups excluding carboxylic acids is 3. The van der Waals surface area contributed by atoms with Crippen LogP contribution in [0.2, 0.25) is 0 Å². The molecule has 8 heterocycles. The maximum Gasteiger partial charge on any atom is 0.255 e. The molecule has 7 aliphatic rings. The number of anilines is 2. The maximum atomic E-state index is 14.1. The molecule has 2 unspecified atom stereocenters. The van der Waals surface area contributed by atoms with Crippen LogP contribution in [0, 0.1) is 5.92 Å². The van der Waals surface area contributed by atoms with Crippen molar-refractivity contribution in [1.29, 1.82) is 0 Å². The molecule has 2 N–H and O–H groups in total. The first-order valence-electron chi connectivity index (χ1n) is 22.5. The third-order valence-electron chi connectivity index (χ3n) is 15.1. The van der Waals surface area contributed by atoms with Crippen LogP contribution in [0.25, 0.3) is 10.9 Å². The van der Waals surface area contributed by atoms with E-state index in [1.165, 1.54) is 0 Å². The number of benzene rings is 3. The summed E-state index contributed by atoms with van der Waals surface area (Å²) < 4.78 is 47.2. The van der Waals surface area contributed by atoms with Crippen molar-refractivity contribution < 1.29 is 37.4 Å². The van der Waals surface area contributed by atoms with Gasteiger partial charge in [0.15, 0.2) is 0 Å². The largest absolute Gasteiger partial charge is 0.496 e. The number of rotatable bonds is 8. The normalized spacial score (nSPS) is 27.1. The highest BCUT2D eigenvalue weighted by Gasteiger charge is 2.46. The summed E-state index contributed by atoms with van der Waals surface area (Å²) in [4.78, 5) is 48.6. The fourth-order valence-corrected chi connectivity index (χ4v) is 11.9. The predicted molar refractivity (Wildman–Crippen MR) is 231 cm³/mol. The zero-order chi connectivity index (χ0) is 43.1. The minimum Gasteiger partial charge on any atom is -0.496 e. The van der Waals surface area contributed by atoms with E-state index in [0.717, 1.165) is 110 Å². The minimum atomic E-state index is -2.46. The summed E-state index contributed by atoms with van der Waals surface area (Å²) in [5.74, 6) is 0.954. The Morgan fingerprint density at radius 2 is 1.84 bits per heavy atom. The number of amides is 3. The molecule has 63 heavy (non-hydrogen) atoms. The lowest BCUT2D eigenvalue weighted by atomic mass is 9.83. The van der Waals surface area contributed by atoms with Crippen molar-refractivity contribution >= 4 is 40.0 Å². The molecule has 0 aliphatic carbocycles. The van der Waals surface area contributed by atoms with Crippen molar-refractivity contribution in [2.45, 2.75) is 88.2 Å². The number of aromatic nitrogens is 2. The van der Waals surface area contributed by atoms with Crippen molar-refractivity contribution in [3.05, 3.63) is 76.5 Å². The molecular formula is C47H54F2N8O6. The standard InChI is InChI=1S/C47H54F2N8O6/c1-27-15-35-32(5-6-37-36(35)20-50-52-37)44(56(27)24-42(48)49)33-4-3-30(17-40(33)61-2)54-11-9-47(10-12-54)19-28(25-63-47)21-53-13-14-55-31(23-53)26-62-41-18-34-29(16-39(41)55)22-57(46(34)60)38-7-8-43(58)51-45(38)59/h3-6,16-18,20,27-28,31,38,42,44H,7-15,19,21-26H2,1-2H3,(H,50,52)(H,51,58,59)/t27-,28?,31+,38?,44+/m1/s1. The van der Waals surface area contributed by atoms with Crippen LogP contribution < -0.4 is 24.6 Å². The average molecular weight is 865 g/mol. The summed E-state index contributed by atoms with van der Waals surface area (Å²) in [6, 6.07) is 13.3. The van der Waals surface area contributed by atoms with Crippen LogP contribution in [0.5, 0.6) is 11.5 Å². The number of fused-ring (bicyclic) bond motifs is 7. The van der Waals surface area contributed by atoms with Crippen LogP contribution in [0.15, 0.2) is 48.7 Å². The lowest BCUT2D eigenvalue weighted by Gasteiger charge is -2.46. The molecule has 14 nitrogen and oxygen atoms in total. The number of nitrogens with zero attached hydrogens (tertiary/aromatic N) is 6. The van der Waals surface area contributed by atoms with E-state index in [-0.39, 0.29) is 48.5 Å². The van der Waals surface area contributed by atoms with Gasteiger partial charge in [0.05, 0.1) is 55.3 Å². The topological polar surface area (TPSA) is 136 Å². The number of piperazine rings is 1. The van der Waals surface area contributed by atoms with E-state index < -0.39 is 18.4 Å². The van der Waals surface area contributed by atoms with Gasteiger partial charge in [-0.2, -0.15) is 5.10 Å². The summed E-state index contributed by atoms with van der Waals surface area (Å²) in [6.45, 7) is 8.66. The third kappa shape index (κ3) is 7.08. The van der Waals surface area contributed by atoms with Gasteiger partial charge in [-0.05, 0) is 85.9 Å². The number of alkyl halides is 2. The Morgan fingerprint density at radius 3 is 2.65 bits per heavy atom. The van der Waals surface area contributed by atoms with E-state index in [1.54, 1.807) is 12.0 Å². The van der Waals surface area contributed by atoms with Crippen LogP contribution in [-0.4, -0.2) is 139 Å². The lowest BCUT2D eigenvalue weighted by Crippen LogP contribution is -2.58. The van der Waals surface area contributed by atoms with Crippen LogP contribution in [0.3, 0.4) is 0 Å². The fourth-order valence-electron chi connectivity index (χ4n) is 11.9. The molecule has 332 valence electrons. The molecule has 4 aromatic rings. The highest BCUT2D eigenvalue weighted by atomic mass is 19.3. The van der Waals surface area contributed by atoms with Crippen LogP contribution in [0.4, 0.5) is 20.2 Å². The molecule has 1 spiro atoms. The molecule has 16 heteroatoms. The monoisotopic (exact) mass is 864 g/mol. The van der Waals surface area contributed by atoms with Gasteiger partial charge in [-0.25, -0.2) is 8.78 Å². The lowest BCUT2D eigenvalue weighted by molar-refractivity contribution is -0.136. The number of methoxy groups -OCH3 is 1. The molecule has 3 amide bonds. The van der Waals surface area contributed by atoms with Gasteiger partial charge in [0, 0.05) is 86.5 Å². The van der Waals surface area contributed by atoms with Gasteiger partial charge in [-0.15, -0.1) is 0 Å². The van der Waals surface area contributed by atoms with Crippen molar-refractivity contribution in [2.24, 2.45) is 5.92 Å². The number of imide groups is 1. The van der Waals surface area contributed by atoms with Crippen molar-refractivity contribution in [3.8, 4) is 11.5 Å². The molecule has 5 atom stereocenters. The molecule has 1 aromatic heterocycles. The summed E-state index contributed by atoms with van der Waals surface area (Å²) in [6.07, 6.45) is 3.49. The number of carbonyl (C=O) groups is 3. The highest BCUT2D eigenvalue weighted by Crippen LogP contribution is 2.46. The third-order valence-corrected chi connectivity index (χ3v) is 15.1. The molecule has 0 bridgehead atoms. The van der Waals surface area contributed by atoms with E-state index >= 15 is 0 Å². The van der Waals surface area contributed by atoms with E-state index in [9.17, 15) is 23.2 Å². The Balaban J connectivity index is 0.720. The molecule has 7 aliphatic heterocycles. The van der Waals surface area contributed by atoms with Gasteiger partial charge in [-0.1, -0.05) is 12.1 Å². The highest BCUT2D eigenvalue weighted by molar-refractivity contribution is 6.06. The molecule has 4 fully saturated rings. The zero-order valence-electron chi connectivity index (χ0n) is 35.8. The number of ether oxygens (including phenoxy) is 3. The number of piperidine rings is 2. The van der Waals surface area contributed by atoms with Crippen molar-refractivity contribution in [3.63, 3.8) is 0 Å². The van der Waals surface area contributed by atoms with Crippen LogP contribution >= 0.6 is 0 Å². The molecule has 0 radical (unpaired) electrons. The van der Waals surface area contributed by atoms with Gasteiger partial charge >= 0.3 is 0 Å². The fraction of sp³-hybridized carbons (Fsp3) is 0.532. The Morgan fingerprint density at radius 1 is 1.00 bits per heavy atom. The number of hydrogen-bond donors (Lipinski definition) is 2. The minimum absolute atomic E-state index is 0.100. The van der Waals surface area contributed by atoms with Gasteiger partial charge < -0.3 is 28.9 Å². The predicted octanol–water partition coefficient (Wildman–Crippen LogP) is 4.89. The Hall–Kier alpha value is -5.32. The molecule has 3 aromatic carbocycles. The maximum absolute atomic E-state index is 14.1. The average Bonchev–Trinajstić information content (AvgIpc) is 4.00. The summed E-state index contributed by atoms with van der Waals surface area (Å²) in [5, 5.41) is 10.8. The second-order valence-electron chi connectivity index (χ2n) is 18.8. The molecule has 0 saturated carbocycles. The van der Waals surface area contributed by atoms with E-state index in [1.807, 2.05) is 30.2 Å². The molecular weight excluding hydrogens is 811 g/mol. The first kappa shape index (κ1) is 40.5.